The van der Waals surface area contributed by atoms with Gasteiger partial charge in [-0.3, -0.25) is 4.79 Å². The zero-order valence-electron chi connectivity index (χ0n) is 14.0. The Balaban J connectivity index is 1.73. The number of amides is 1. The van der Waals surface area contributed by atoms with Crippen molar-refractivity contribution in [3.63, 3.8) is 0 Å². The molecule has 1 amide bonds. The van der Waals surface area contributed by atoms with Crippen LogP contribution in [0.5, 0.6) is 11.5 Å². The maximum absolute atomic E-state index is 13.6. The van der Waals surface area contributed by atoms with Gasteiger partial charge in [-0.1, -0.05) is 11.6 Å². The summed E-state index contributed by atoms with van der Waals surface area (Å²) >= 11 is 5.62. The monoisotopic (exact) mass is 381 g/mol. The number of carbonyl (C=O) groups is 2. The van der Waals surface area contributed by atoms with Crippen molar-refractivity contribution in [2.75, 3.05) is 25.1 Å². The fourth-order valence-electron chi connectivity index (χ4n) is 1.91. The van der Waals surface area contributed by atoms with Crippen molar-refractivity contribution in [1.82, 2.24) is 0 Å². The van der Waals surface area contributed by atoms with Gasteiger partial charge in [0.15, 0.2) is 13.2 Å². The summed E-state index contributed by atoms with van der Waals surface area (Å²) in [7, 11) is 0. The Morgan fingerprint density at radius 2 is 1.69 bits per heavy atom. The van der Waals surface area contributed by atoms with Gasteiger partial charge in [-0.05, 0) is 49.4 Å². The van der Waals surface area contributed by atoms with Crippen molar-refractivity contribution in [2.45, 2.75) is 6.92 Å². The molecule has 0 bridgehead atoms. The van der Waals surface area contributed by atoms with E-state index in [0.717, 1.165) is 6.07 Å². The van der Waals surface area contributed by atoms with Crippen LogP contribution in [0.25, 0.3) is 0 Å². The van der Waals surface area contributed by atoms with Gasteiger partial charge in [-0.15, -0.1) is 0 Å². The Kier molecular flexibility index (Phi) is 7.23. The number of rotatable bonds is 8. The third-order valence-electron chi connectivity index (χ3n) is 3.06. The predicted octanol–water partition coefficient (Wildman–Crippen LogP) is 3.44. The van der Waals surface area contributed by atoms with Crippen LogP contribution in [0.2, 0.25) is 5.02 Å². The number of carbonyl (C=O) groups excluding carboxylic acids is 2. The average Bonchev–Trinajstić information content (AvgIpc) is 2.62. The fourth-order valence-corrected chi connectivity index (χ4v) is 2.06. The van der Waals surface area contributed by atoms with Crippen LogP contribution in [-0.2, 0) is 14.3 Å². The van der Waals surface area contributed by atoms with Crippen LogP contribution in [0.4, 0.5) is 10.1 Å². The molecular weight excluding hydrogens is 365 g/mol. The number of benzene rings is 2. The minimum atomic E-state index is -0.731. The summed E-state index contributed by atoms with van der Waals surface area (Å²) in [6, 6.07) is 10.5. The van der Waals surface area contributed by atoms with Crippen LogP contribution in [0, 0.1) is 5.82 Å². The first-order valence-electron chi connectivity index (χ1n) is 7.74. The van der Waals surface area contributed by atoms with E-state index in [1.54, 1.807) is 24.3 Å². The molecule has 2 aromatic rings. The molecular formula is C18H17ClFNO5. The Bertz CT molecular complexity index is 767. The molecule has 0 fully saturated rings. The highest BCUT2D eigenvalue weighted by Crippen LogP contribution is 2.19. The predicted molar refractivity (Wildman–Crippen MR) is 94.1 cm³/mol. The molecule has 2 rings (SSSR count). The summed E-state index contributed by atoms with van der Waals surface area (Å²) in [6.45, 7) is 1.50. The summed E-state index contributed by atoms with van der Waals surface area (Å²) in [6.07, 6.45) is 0. The van der Waals surface area contributed by atoms with Gasteiger partial charge >= 0.3 is 5.97 Å². The van der Waals surface area contributed by atoms with E-state index in [2.05, 4.69) is 5.32 Å². The van der Waals surface area contributed by atoms with Gasteiger partial charge in [0, 0.05) is 5.02 Å². The van der Waals surface area contributed by atoms with E-state index >= 15 is 0 Å². The van der Waals surface area contributed by atoms with Crippen molar-refractivity contribution in [3.8, 4) is 11.5 Å². The molecule has 0 aliphatic carbocycles. The Hall–Kier alpha value is -2.80. The molecule has 0 unspecified atom stereocenters. The zero-order chi connectivity index (χ0) is 18.9. The quantitative estimate of drug-likeness (QED) is 0.709. The number of halogens is 2. The van der Waals surface area contributed by atoms with E-state index < -0.39 is 24.3 Å². The molecule has 0 radical (unpaired) electrons. The highest BCUT2D eigenvalue weighted by Gasteiger charge is 2.11. The smallest absolute Gasteiger partial charge is 0.344 e. The van der Waals surface area contributed by atoms with E-state index in [9.17, 15) is 14.0 Å². The molecule has 0 aliphatic heterocycles. The summed E-state index contributed by atoms with van der Waals surface area (Å²) < 4.78 is 28.9. The van der Waals surface area contributed by atoms with E-state index in [1.165, 1.54) is 12.1 Å². The van der Waals surface area contributed by atoms with Crippen LogP contribution in [0.3, 0.4) is 0 Å². The van der Waals surface area contributed by atoms with Gasteiger partial charge in [-0.25, -0.2) is 9.18 Å². The van der Waals surface area contributed by atoms with Crippen molar-refractivity contribution in [1.29, 1.82) is 0 Å². The van der Waals surface area contributed by atoms with Gasteiger partial charge in [0.05, 0.1) is 12.3 Å². The number of ether oxygens (including phenoxy) is 3. The molecule has 0 heterocycles. The van der Waals surface area contributed by atoms with E-state index in [1.807, 2.05) is 6.92 Å². The first kappa shape index (κ1) is 19.5. The van der Waals surface area contributed by atoms with Crippen LogP contribution in [0.1, 0.15) is 6.92 Å². The van der Waals surface area contributed by atoms with Gasteiger partial charge in [0.1, 0.15) is 17.3 Å². The van der Waals surface area contributed by atoms with Crippen molar-refractivity contribution in [3.05, 3.63) is 53.3 Å². The van der Waals surface area contributed by atoms with Crippen LogP contribution in [0.15, 0.2) is 42.5 Å². The lowest BCUT2D eigenvalue weighted by Crippen LogP contribution is -2.24. The minimum absolute atomic E-state index is 0.0545. The van der Waals surface area contributed by atoms with Crippen molar-refractivity contribution < 1.29 is 28.2 Å². The Morgan fingerprint density at radius 3 is 2.31 bits per heavy atom. The van der Waals surface area contributed by atoms with Crippen molar-refractivity contribution >= 4 is 29.2 Å². The number of hydrogen-bond donors (Lipinski definition) is 1. The molecule has 1 N–H and O–H groups in total. The molecule has 26 heavy (non-hydrogen) atoms. The van der Waals surface area contributed by atoms with Crippen molar-refractivity contribution in [2.24, 2.45) is 0 Å². The third kappa shape index (κ3) is 6.25. The lowest BCUT2D eigenvalue weighted by Gasteiger charge is -2.09. The summed E-state index contributed by atoms with van der Waals surface area (Å²) in [4.78, 5) is 23.3. The van der Waals surface area contributed by atoms with Gasteiger partial charge < -0.3 is 19.5 Å². The normalized spacial score (nSPS) is 10.1. The van der Waals surface area contributed by atoms with E-state index in [-0.39, 0.29) is 17.3 Å². The molecule has 138 valence electrons. The number of esters is 1. The van der Waals surface area contributed by atoms with Crippen LogP contribution < -0.4 is 14.8 Å². The topological polar surface area (TPSA) is 73.9 Å². The number of hydrogen-bond acceptors (Lipinski definition) is 5. The van der Waals surface area contributed by atoms with E-state index in [4.69, 9.17) is 25.8 Å². The standard InChI is InChI=1S/C18H17ClFNO5/c1-2-24-13-4-6-14(7-5-13)25-11-18(23)26-10-17(22)21-16-8-3-12(19)9-15(16)20/h3-9H,2,10-11H2,1H3,(H,21,22). The van der Waals surface area contributed by atoms with E-state index in [0.29, 0.717) is 18.1 Å². The summed E-state index contributed by atoms with van der Waals surface area (Å²) in [5.74, 6) is -0.950. The first-order valence-corrected chi connectivity index (χ1v) is 8.12. The number of anilines is 1. The largest absolute Gasteiger partial charge is 0.494 e. The van der Waals surface area contributed by atoms with Gasteiger partial charge in [0.2, 0.25) is 0 Å². The molecule has 0 aromatic heterocycles. The summed E-state index contributed by atoms with van der Waals surface area (Å²) in [5.41, 5.74) is -0.0545. The second-order valence-corrected chi connectivity index (χ2v) is 5.46. The second kappa shape index (κ2) is 9.62. The molecule has 0 atom stereocenters. The van der Waals surface area contributed by atoms with Crippen LogP contribution >= 0.6 is 11.6 Å². The second-order valence-electron chi connectivity index (χ2n) is 5.03. The summed E-state index contributed by atoms with van der Waals surface area (Å²) in [5, 5.41) is 2.49. The molecule has 0 saturated heterocycles. The van der Waals surface area contributed by atoms with Gasteiger partial charge in [-0.2, -0.15) is 0 Å². The lowest BCUT2D eigenvalue weighted by molar-refractivity contribution is -0.149. The minimum Gasteiger partial charge on any atom is -0.494 e. The molecule has 0 saturated carbocycles. The molecule has 0 aliphatic rings. The zero-order valence-corrected chi connectivity index (χ0v) is 14.7. The molecule has 8 heteroatoms. The molecule has 2 aromatic carbocycles. The first-order chi connectivity index (χ1) is 12.5. The molecule has 6 nitrogen and oxygen atoms in total. The maximum atomic E-state index is 13.6. The SMILES string of the molecule is CCOc1ccc(OCC(=O)OCC(=O)Nc2ccc(Cl)cc2F)cc1. The third-order valence-corrected chi connectivity index (χ3v) is 3.30. The maximum Gasteiger partial charge on any atom is 0.344 e. The number of nitrogens with one attached hydrogen (secondary N) is 1. The van der Waals surface area contributed by atoms with Crippen LogP contribution in [-0.4, -0.2) is 31.7 Å². The highest BCUT2D eigenvalue weighted by molar-refractivity contribution is 6.30. The van der Waals surface area contributed by atoms with Gasteiger partial charge in [0.25, 0.3) is 5.91 Å². The molecule has 0 spiro atoms. The Labute approximate surface area is 154 Å². The average molecular weight is 382 g/mol. The highest BCUT2D eigenvalue weighted by atomic mass is 35.5. The lowest BCUT2D eigenvalue weighted by atomic mass is 10.3. The Morgan fingerprint density at radius 1 is 1.04 bits per heavy atom. The fraction of sp³-hybridized carbons (Fsp3) is 0.222.